The molecule has 1 fully saturated rings. The third-order valence-corrected chi connectivity index (χ3v) is 3.75. The number of hydrogen-bond donors (Lipinski definition) is 0. The lowest BCUT2D eigenvalue weighted by atomic mass is 9.80. The van der Waals surface area contributed by atoms with Crippen LogP contribution in [0.4, 0.5) is 0 Å². The highest BCUT2D eigenvalue weighted by atomic mass is 16.2. The summed E-state index contributed by atoms with van der Waals surface area (Å²) >= 11 is 0. The fourth-order valence-electron chi connectivity index (χ4n) is 2.13. The Labute approximate surface area is 115 Å². The lowest BCUT2D eigenvalue weighted by Gasteiger charge is -2.27. The van der Waals surface area contributed by atoms with Crippen LogP contribution in [0.5, 0.6) is 0 Å². The van der Waals surface area contributed by atoms with Crippen molar-refractivity contribution in [1.82, 2.24) is 9.80 Å². The van der Waals surface area contributed by atoms with Gasteiger partial charge in [-0.25, -0.2) is 0 Å². The summed E-state index contributed by atoms with van der Waals surface area (Å²) in [6.45, 7) is 7.56. The van der Waals surface area contributed by atoms with E-state index in [4.69, 9.17) is 5.26 Å². The Bertz CT molecular complexity index is 392. The summed E-state index contributed by atoms with van der Waals surface area (Å²) in [6.07, 6.45) is 0.847. The number of nitrogens with zero attached hydrogens (tertiary/aromatic N) is 3. The molecule has 1 heterocycles. The molecule has 0 spiro atoms. The van der Waals surface area contributed by atoms with Crippen LogP contribution in [-0.4, -0.2) is 48.3 Å². The topological polar surface area (TPSA) is 64.4 Å². The van der Waals surface area contributed by atoms with Crippen molar-refractivity contribution < 1.29 is 9.59 Å². The van der Waals surface area contributed by atoms with Crippen molar-refractivity contribution in [3.8, 4) is 6.07 Å². The van der Waals surface area contributed by atoms with Gasteiger partial charge in [-0.05, 0) is 11.3 Å². The van der Waals surface area contributed by atoms with Crippen LogP contribution in [0.15, 0.2) is 0 Å². The van der Waals surface area contributed by atoms with E-state index in [0.29, 0.717) is 31.8 Å². The molecule has 0 N–H and O–H groups in total. The molecule has 1 unspecified atom stereocenters. The first kappa shape index (κ1) is 15.5. The standard InChI is InChI=1S/C14H23N3O2/c1-14(2,3)11-8-12(18)17(9-11)10-13(19)16(4)7-5-6-15/h11H,5,7-10H2,1-4H3. The molecule has 0 aliphatic carbocycles. The van der Waals surface area contributed by atoms with E-state index in [-0.39, 0.29) is 23.8 Å². The van der Waals surface area contributed by atoms with Gasteiger partial charge in [-0.15, -0.1) is 0 Å². The van der Waals surface area contributed by atoms with Gasteiger partial charge in [0.25, 0.3) is 0 Å². The number of nitriles is 1. The third kappa shape index (κ3) is 4.23. The van der Waals surface area contributed by atoms with Crippen molar-refractivity contribution in [3.05, 3.63) is 0 Å². The summed E-state index contributed by atoms with van der Waals surface area (Å²) in [6, 6.07) is 2.01. The molecule has 0 radical (unpaired) electrons. The lowest BCUT2D eigenvalue weighted by Crippen LogP contribution is -2.39. The second kappa shape index (κ2) is 6.05. The molecule has 5 heteroatoms. The van der Waals surface area contributed by atoms with Crippen molar-refractivity contribution >= 4 is 11.8 Å². The zero-order valence-corrected chi connectivity index (χ0v) is 12.3. The lowest BCUT2D eigenvalue weighted by molar-refractivity contribution is -0.137. The van der Waals surface area contributed by atoms with Gasteiger partial charge in [-0.3, -0.25) is 9.59 Å². The van der Waals surface area contributed by atoms with Gasteiger partial charge in [0.15, 0.2) is 0 Å². The van der Waals surface area contributed by atoms with Crippen LogP contribution >= 0.6 is 0 Å². The van der Waals surface area contributed by atoms with Gasteiger partial charge in [0.1, 0.15) is 0 Å². The van der Waals surface area contributed by atoms with Crippen LogP contribution in [0.25, 0.3) is 0 Å². The van der Waals surface area contributed by atoms with Gasteiger partial charge in [0.05, 0.1) is 19.0 Å². The monoisotopic (exact) mass is 265 g/mol. The highest BCUT2D eigenvalue weighted by Crippen LogP contribution is 2.34. The summed E-state index contributed by atoms with van der Waals surface area (Å²) in [5.74, 6) is 0.261. The molecular weight excluding hydrogens is 242 g/mol. The highest BCUT2D eigenvalue weighted by molar-refractivity contribution is 5.86. The molecule has 1 saturated heterocycles. The molecule has 0 aromatic rings. The molecule has 19 heavy (non-hydrogen) atoms. The van der Waals surface area contributed by atoms with Gasteiger partial charge in [-0.1, -0.05) is 20.8 Å². The number of carbonyl (C=O) groups excluding carboxylic acids is 2. The molecule has 0 saturated carbocycles. The van der Waals surface area contributed by atoms with Crippen molar-refractivity contribution in [2.24, 2.45) is 11.3 Å². The highest BCUT2D eigenvalue weighted by Gasteiger charge is 2.37. The third-order valence-electron chi connectivity index (χ3n) is 3.75. The zero-order valence-electron chi connectivity index (χ0n) is 12.3. The van der Waals surface area contributed by atoms with Gasteiger partial charge in [0.2, 0.25) is 11.8 Å². The fraction of sp³-hybridized carbons (Fsp3) is 0.786. The molecule has 106 valence electrons. The van der Waals surface area contributed by atoms with Gasteiger partial charge in [0, 0.05) is 26.6 Å². The Morgan fingerprint density at radius 2 is 2.16 bits per heavy atom. The maximum absolute atomic E-state index is 11.9. The molecule has 1 aliphatic heterocycles. The van der Waals surface area contributed by atoms with Crippen LogP contribution in [0.2, 0.25) is 0 Å². The van der Waals surface area contributed by atoms with Crippen molar-refractivity contribution in [3.63, 3.8) is 0 Å². The molecule has 0 bridgehead atoms. The van der Waals surface area contributed by atoms with E-state index < -0.39 is 0 Å². The number of amides is 2. The van der Waals surface area contributed by atoms with E-state index in [0.717, 1.165) is 0 Å². The Kier molecular flexibility index (Phi) is 4.93. The first-order valence-corrected chi connectivity index (χ1v) is 6.64. The summed E-state index contributed by atoms with van der Waals surface area (Å²) < 4.78 is 0. The van der Waals surface area contributed by atoms with E-state index in [2.05, 4.69) is 20.8 Å². The van der Waals surface area contributed by atoms with E-state index in [1.165, 1.54) is 4.90 Å². The second-order valence-corrected chi connectivity index (χ2v) is 6.26. The Hall–Kier alpha value is -1.57. The molecule has 0 aromatic carbocycles. The Morgan fingerprint density at radius 3 is 2.63 bits per heavy atom. The predicted molar refractivity (Wildman–Crippen MR) is 72.0 cm³/mol. The van der Waals surface area contributed by atoms with Crippen LogP contribution in [0.3, 0.4) is 0 Å². The first-order valence-electron chi connectivity index (χ1n) is 6.64. The molecule has 1 rings (SSSR count). The molecule has 0 aromatic heterocycles. The normalized spacial score (nSPS) is 19.4. The van der Waals surface area contributed by atoms with Crippen LogP contribution < -0.4 is 0 Å². The summed E-state index contributed by atoms with van der Waals surface area (Å²) in [5.41, 5.74) is 0.0835. The Morgan fingerprint density at radius 1 is 1.53 bits per heavy atom. The summed E-state index contributed by atoms with van der Waals surface area (Å²) in [5, 5.41) is 8.49. The number of rotatable bonds is 4. The number of carbonyl (C=O) groups is 2. The van der Waals surface area contributed by atoms with Crippen LogP contribution in [-0.2, 0) is 9.59 Å². The summed E-state index contributed by atoms with van der Waals surface area (Å²) in [7, 11) is 1.67. The van der Waals surface area contributed by atoms with Gasteiger partial charge in [-0.2, -0.15) is 5.26 Å². The molecule has 1 atom stereocenters. The fourth-order valence-corrected chi connectivity index (χ4v) is 2.13. The van der Waals surface area contributed by atoms with Crippen molar-refractivity contribution in [2.75, 3.05) is 26.7 Å². The molecule has 5 nitrogen and oxygen atoms in total. The van der Waals surface area contributed by atoms with Crippen LogP contribution in [0, 0.1) is 22.7 Å². The molecular formula is C14H23N3O2. The van der Waals surface area contributed by atoms with Crippen molar-refractivity contribution in [2.45, 2.75) is 33.6 Å². The first-order chi connectivity index (χ1) is 8.75. The molecule has 2 amide bonds. The SMILES string of the molecule is CN(CCC#N)C(=O)CN1CC(C(C)(C)C)CC1=O. The van der Waals surface area contributed by atoms with E-state index >= 15 is 0 Å². The molecule has 1 aliphatic rings. The average Bonchev–Trinajstić information content (AvgIpc) is 2.67. The minimum Gasteiger partial charge on any atom is -0.343 e. The maximum Gasteiger partial charge on any atom is 0.241 e. The number of likely N-dealkylation sites (tertiary alicyclic amines) is 1. The number of hydrogen-bond acceptors (Lipinski definition) is 3. The van der Waals surface area contributed by atoms with Gasteiger partial charge >= 0.3 is 0 Å². The minimum absolute atomic E-state index is 0.0574. The number of likely N-dealkylation sites (N-methyl/N-ethyl adjacent to an activating group) is 1. The quantitative estimate of drug-likeness (QED) is 0.768. The largest absolute Gasteiger partial charge is 0.343 e. The van der Waals surface area contributed by atoms with E-state index in [9.17, 15) is 9.59 Å². The van der Waals surface area contributed by atoms with E-state index in [1.807, 2.05) is 6.07 Å². The smallest absolute Gasteiger partial charge is 0.241 e. The average molecular weight is 265 g/mol. The van der Waals surface area contributed by atoms with E-state index in [1.54, 1.807) is 11.9 Å². The summed E-state index contributed by atoms with van der Waals surface area (Å²) in [4.78, 5) is 27.0. The zero-order chi connectivity index (χ0) is 14.6. The van der Waals surface area contributed by atoms with Gasteiger partial charge < -0.3 is 9.80 Å². The minimum atomic E-state index is -0.0989. The van der Waals surface area contributed by atoms with Crippen molar-refractivity contribution in [1.29, 1.82) is 5.26 Å². The van der Waals surface area contributed by atoms with Crippen LogP contribution in [0.1, 0.15) is 33.6 Å². The predicted octanol–water partition coefficient (Wildman–Crippen LogP) is 1.25. The Balaban J connectivity index is 2.52. The second-order valence-electron chi connectivity index (χ2n) is 6.26. The maximum atomic E-state index is 11.9.